The lowest BCUT2D eigenvalue weighted by Gasteiger charge is -2.41. The molecule has 0 aromatic heterocycles. The molecule has 0 heterocycles. The van der Waals surface area contributed by atoms with Crippen molar-refractivity contribution >= 4 is 0 Å². The first-order chi connectivity index (χ1) is 5.71. The highest BCUT2D eigenvalue weighted by Gasteiger charge is 2.35. The van der Waals surface area contributed by atoms with Crippen LogP contribution in [0.4, 0.5) is 0 Å². The highest BCUT2D eigenvalue weighted by molar-refractivity contribution is 4.85. The molecule has 0 fully saturated rings. The van der Waals surface area contributed by atoms with Crippen LogP contribution in [-0.4, -0.2) is 6.04 Å². The zero-order chi connectivity index (χ0) is 10.8. The van der Waals surface area contributed by atoms with Crippen LogP contribution in [0, 0.1) is 23.2 Å². The maximum atomic E-state index is 5.96. The summed E-state index contributed by atoms with van der Waals surface area (Å²) < 4.78 is 0. The fourth-order valence-electron chi connectivity index (χ4n) is 1.95. The molecule has 0 aromatic carbocycles. The summed E-state index contributed by atoms with van der Waals surface area (Å²) in [6, 6.07) is 0.288. The van der Waals surface area contributed by atoms with Crippen molar-refractivity contribution in [2.45, 2.75) is 54.5 Å². The van der Waals surface area contributed by atoms with Gasteiger partial charge in [-0.25, -0.2) is 0 Å². The van der Waals surface area contributed by atoms with E-state index in [1.807, 2.05) is 0 Å². The van der Waals surface area contributed by atoms with Gasteiger partial charge >= 0.3 is 0 Å². The predicted molar refractivity (Wildman–Crippen MR) is 60.6 cm³/mol. The van der Waals surface area contributed by atoms with Gasteiger partial charge in [0, 0.05) is 6.04 Å². The van der Waals surface area contributed by atoms with Crippen molar-refractivity contribution in [1.82, 2.24) is 0 Å². The Morgan fingerprint density at radius 2 is 1.23 bits per heavy atom. The second kappa shape index (κ2) is 4.45. The van der Waals surface area contributed by atoms with Crippen LogP contribution in [0.2, 0.25) is 0 Å². The van der Waals surface area contributed by atoms with E-state index in [1.54, 1.807) is 0 Å². The lowest BCUT2D eigenvalue weighted by Crippen LogP contribution is -2.41. The molecule has 0 saturated heterocycles. The molecule has 0 aliphatic heterocycles. The van der Waals surface area contributed by atoms with Crippen molar-refractivity contribution in [3.05, 3.63) is 0 Å². The number of hydrogen-bond donors (Lipinski definition) is 1. The minimum absolute atomic E-state index is 0.288. The van der Waals surface area contributed by atoms with Gasteiger partial charge in [0.15, 0.2) is 0 Å². The van der Waals surface area contributed by atoms with Crippen molar-refractivity contribution in [2.24, 2.45) is 28.9 Å². The topological polar surface area (TPSA) is 26.0 Å². The molecule has 0 aliphatic rings. The average Bonchev–Trinajstić information content (AvgIpc) is 2.01. The molecule has 1 heteroatoms. The van der Waals surface area contributed by atoms with Crippen LogP contribution in [0.5, 0.6) is 0 Å². The highest BCUT2D eigenvalue weighted by atomic mass is 14.6. The predicted octanol–water partition coefficient (Wildman–Crippen LogP) is 3.29. The molecular weight excluding hydrogens is 158 g/mol. The Morgan fingerprint density at radius 3 is 1.46 bits per heavy atom. The van der Waals surface area contributed by atoms with Gasteiger partial charge in [0.05, 0.1) is 0 Å². The van der Waals surface area contributed by atoms with Crippen molar-refractivity contribution in [3.63, 3.8) is 0 Å². The molecule has 13 heavy (non-hydrogen) atoms. The first kappa shape index (κ1) is 13.0. The van der Waals surface area contributed by atoms with Crippen LogP contribution in [0.3, 0.4) is 0 Å². The molecule has 0 aromatic rings. The summed E-state index contributed by atoms with van der Waals surface area (Å²) in [5.41, 5.74) is 6.30. The highest BCUT2D eigenvalue weighted by Crippen LogP contribution is 2.39. The Bertz CT molecular complexity index is 131. The largest absolute Gasteiger partial charge is 0.328 e. The SMILES string of the molecule is CC(C)C(C)C(C)(C)C(C)C(C)N. The Hall–Kier alpha value is -0.0400. The fourth-order valence-corrected chi connectivity index (χ4v) is 1.95. The van der Waals surface area contributed by atoms with Gasteiger partial charge in [0.2, 0.25) is 0 Å². The van der Waals surface area contributed by atoms with E-state index >= 15 is 0 Å². The summed E-state index contributed by atoms with van der Waals surface area (Å²) in [4.78, 5) is 0. The van der Waals surface area contributed by atoms with Crippen molar-refractivity contribution in [1.29, 1.82) is 0 Å². The molecule has 0 rings (SSSR count). The molecule has 3 atom stereocenters. The third-order valence-electron chi connectivity index (χ3n) is 4.14. The maximum absolute atomic E-state index is 5.96. The van der Waals surface area contributed by atoms with E-state index in [1.165, 1.54) is 0 Å². The second-order valence-corrected chi connectivity index (χ2v) is 5.50. The monoisotopic (exact) mass is 185 g/mol. The smallest absolute Gasteiger partial charge is 0.00413 e. The van der Waals surface area contributed by atoms with Crippen LogP contribution >= 0.6 is 0 Å². The minimum atomic E-state index is 0.288. The van der Waals surface area contributed by atoms with Crippen LogP contribution in [0.25, 0.3) is 0 Å². The van der Waals surface area contributed by atoms with Crippen LogP contribution in [0.15, 0.2) is 0 Å². The lowest BCUT2D eigenvalue weighted by molar-refractivity contribution is 0.0889. The summed E-state index contributed by atoms with van der Waals surface area (Å²) in [6.45, 7) is 16.0. The molecule has 0 bridgehead atoms. The van der Waals surface area contributed by atoms with E-state index in [9.17, 15) is 0 Å². The van der Waals surface area contributed by atoms with E-state index < -0.39 is 0 Å². The van der Waals surface area contributed by atoms with Crippen molar-refractivity contribution < 1.29 is 0 Å². The quantitative estimate of drug-likeness (QED) is 0.714. The number of hydrogen-bond acceptors (Lipinski definition) is 1. The first-order valence-electron chi connectivity index (χ1n) is 5.46. The second-order valence-electron chi connectivity index (χ2n) is 5.50. The van der Waals surface area contributed by atoms with Gasteiger partial charge in [0.25, 0.3) is 0 Å². The zero-order valence-corrected chi connectivity index (χ0v) is 10.4. The molecule has 80 valence electrons. The molecular formula is C12H27N. The summed E-state index contributed by atoms with van der Waals surface area (Å²) in [5.74, 6) is 2.02. The molecule has 2 N–H and O–H groups in total. The third-order valence-corrected chi connectivity index (χ3v) is 4.14. The minimum Gasteiger partial charge on any atom is -0.328 e. The van der Waals surface area contributed by atoms with Crippen LogP contribution in [-0.2, 0) is 0 Å². The summed E-state index contributed by atoms with van der Waals surface area (Å²) in [5, 5.41) is 0. The van der Waals surface area contributed by atoms with Gasteiger partial charge in [-0.15, -0.1) is 0 Å². The normalized spacial score (nSPS) is 20.1. The molecule has 3 unspecified atom stereocenters. The van der Waals surface area contributed by atoms with Gasteiger partial charge in [-0.3, -0.25) is 0 Å². The third kappa shape index (κ3) is 2.98. The van der Waals surface area contributed by atoms with E-state index in [0.29, 0.717) is 17.3 Å². The van der Waals surface area contributed by atoms with E-state index in [-0.39, 0.29) is 6.04 Å². The van der Waals surface area contributed by atoms with Crippen molar-refractivity contribution in [2.75, 3.05) is 0 Å². The van der Waals surface area contributed by atoms with Crippen LogP contribution < -0.4 is 5.73 Å². The summed E-state index contributed by atoms with van der Waals surface area (Å²) in [7, 11) is 0. The molecule has 0 saturated carbocycles. The molecule has 0 radical (unpaired) electrons. The van der Waals surface area contributed by atoms with Gasteiger partial charge in [-0.1, -0.05) is 41.5 Å². The van der Waals surface area contributed by atoms with Crippen molar-refractivity contribution in [3.8, 4) is 0 Å². The van der Waals surface area contributed by atoms with E-state index in [0.717, 1.165) is 5.92 Å². The van der Waals surface area contributed by atoms with Gasteiger partial charge < -0.3 is 5.73 Å². The maximum Gasteiger partial charge on any atom is 0.00413 e. The average molecular weight is 185 g/mol. The Kier molecular flexibility index (Phi) is 4.44. The number of rotatable bonds is 4. The molecule has 1 nitrogen and oxygen atoms in total. The number of nitrogens with two attached hydrogens (primary N) is 1. The Labute approximate surface area is 84.1 Å². The summed E-state index contributed by atoms with van der Waals surface area (Å²) in [6.07, 6.45) is 0. The van der Waals surface area contributed by atoms with Gasteiger partial charge in [-0.2, -0.15) is 0 Å². The van der Waals surface area contributed by atoms with Gasteiger partial charge in [-0.05, 0) is 30.1 Å². The summed E-state index contributed by atoms with van der Waals surface area (Å²) >= 11 is 0. The zero-order valence-electron chi connectivity index (χ0n) is 10.4. The fraction of sp³-hybridized carbons (Fsp3) is 1.00. The Morgan fingerprint density at radius 1 is 0.846 bits per heavy atom. The molecule has 0 aliphatic carbocycles. The molecule has 0 spiro atoms. The van der Waals surface area contributed by atoms with E-state index in [2.05, 4.69) is 48.5 Å². The standard InChI is InChI=1S/C12H27N/c1-8(2)9(3)12(6,7)10(4)11(5)13/h8-11H,13H2,1-7H3. The molecule has 0 amide bonds. The Balaban J connectivity index is 4.54. The lowest BCUT2D eigenvalue weighted by atomic mass is 9.65. The van der Waals surface area contributed by atoms with E-state index in [4.69, 9.17) is 5.73 Å². The van der Waals surface area contributed by atoms with Gasteiger partial charge in [0.1, 0.15) is 0 Å². The van der Waals surface area contributed by atoms with Crippen LogP contribution in [0.1, 0.15) is 48.5 Å². The first-order valence-corrected chi connectivity index (χ1v) is 5.46.